The molecule has 2 aliphatic heterocycles. The molecule has 3 rings (SSSR count). The summed E-state index contributed by atoms with van der Waals surface area (Å²) >= 11 is 0. The molecule has 0 spiro atoms. The van der Waals surface area contributed by atoms with Crippen LogP contribution in [0.4, 0.5) is 10.5 Å². The molecule has 0 aliphatic carbocycles. The number of benzene rings is 1. The standard InChI is InChI=1S/C16H21N5O2/c1-20(2)8-12-7-14(22)18-19-15(12)10-4-5-13-11(6-10)9-21(3)16(23)17-13/h4-6,12H,7-9H2,1-3H3,(H,17,23)(H,18,22). The first-order chi connectivity index (χ1) is 10.9. The van der Waals surface area contributed by atoms with Crippen LogP contribution in [0.15, 0.2) is 23.3 Å². The average molecular weight is 315 g/mol. The molecule has 1 atom stereocenters. The van der Waals surface area contributed by atoms with Gasteiger partial charge in [-0.1, -0.05) is 6.07 Å². The smallest absolute Gasteiger partial charge is 0.321 e. The zero-order chi connectivity index (χ0) is 16.6. The molecular formula is C16H21N5O2. The molecule has 1 aromatic rings. The lowest BCUT2D eigenvalue weighted by Crippen LogP contribution is -2.39. The van der Waals surface area contributed by atoms with Crippen LogP contribution >= 0.6 is 0 Å². The van der Waals surface area contributed by atoms with E-state index < -0.39 is 0 Å². The number of hydrogen-bond acceptors (Lipinski definition) is 4. The second-order valence-electron chi connectivity index (χ2n) is 6.35. The van der Waals surface area contributed by atoms with Gasteiger partial charge in [0.15, 0.2) is 0 Å². The molecule has 122 valence electrons. The quantitative estimate of drug-likeness (QED) is 0.876. The molecular weight excluding hydrogens is 294 g/mol. The Hall–Kier alpha value is -2.41. The van der Waals surface area contributed by atoms with Gasteiger partial charge in [0, 0.05) is 38.2 Å². The number of carbonyl (C=O) groups is 2. The van der Waals surface area contributed by atoms with Gasteiger partial charge in [-0.05, 0) is 37.4 Å². The van der Waals surface area contributed by atoms with Gasteiger partial charge in [0.1, 0.15) is 0 Å². The molecule has 1 aromatic carbocycles. The lowest BCUT2D eigenvalue weighted by atomic mass is 9.90. The van der Waals surface area contributed by atoms with Crippen LogP contribution in [0.1, 0.15) is 17.5 Å². The summed E-state index contributed by atoms with van der Waals surface area (Å²) in [5.74, 6) is 0.0123. The monoisotopic (exact) mass is 315 g/mol. The number of rotatable bonds is 3. The van der Waals surface area contributed by atoms with Crippen molar-refractivity contribution < 1.29 is 9.59 Å². The summed E-state index contributed by atoms with van der Waals surface area (Å²) in [7, 11) is 5.74. The van der Waals surface area contributed by atoms with E-state index in [1.54, 1.807) is 11.9 Å². The lowest BCUT2D eigenvalue weighted by Gasteiger charge is -2.28. The Kier molecular flexibility index (Phi) is 4.04. The van der Waals surface area contributed by atoms with Gasteiger partial charge < -0.3 is 15.1 Å². The van der Waals surface area contributed by atoms with Crippen molar-refractivity contribution in [2.45, 2.75) is 13.0 Å². The zero-order valence-corrected chi connectivity index (χ0v) is 13.6. The summed E-state index contributed by atoms with van der Waals surface area (Å²) < 4.78 is 0. The summed E-state index contributed by atoms with van der Waals surface area (Å²) in [6.07, 6.45) is 0.435. The first-order valence-corrected chi connectivity index (χ1v) is 7.60. The van der Waals surface area contributed by atoms with Gasteiger partial charge in [-0.25, -0.2) is 10.2 Å². The lowest BCUT2D eigenvalue weighted by molar-refractivity contribution is -0.122. The van der Waals surface area contributed by atoms with Crippen LogP contribution in [0, 0.1) is 5.92 Å². The molecule has 1 unspecified atom stereocenters. The number of fused-ring (bicyclic) bond motifs is 1. The summed E-state index contributed by atoms with van der Waals surface area (Å²) in [5.41, 5.74) is 6.34. The van der Waals surface area contributed by atoms with E-state index in [0.717, 1.165) is 29.1 Å². The number of hydrogen-bond donors (Lipinski definition) is 2. The highest BCUT2D eigenvalue weighted by molar-refractivity contribution is 6.06. The number of carbonyl (C=O) groups excluding carboxylic acids is 2. The molecule has 0 radical (unpaired) electrons. The predicted octanol–water partition coefficient (Wildman–Crippen LogP) is 1.07. The Morgan fingerprint density at radius 3 is 2.87 bits per heavy atom. The van der Waals surface area contributed by atoms with Gasteiger partial charge in [-0.3, -0.25) is 4.79 Å². The van der Waals surface area contributed by atoms with E-state index in [-0.39, 0.29) is 17.9 Å². The first kappa shape index (κ1) is 15.5. The molecule has 2 heterocycles. The molecule has 7 heteroatoms. The van der Waals surface area contributed by atoms with Crippen molar-refractivity contribution in [2.75, 3.05) is 33.0 Å². The molecule has 0 saturated heterocycles. The highest BCUT2D eigenvalue weighted by Crippen LogP contribution is 2.26. The van der Waals surface area contributed by atoms with Gasteiger partial charge in [-0.2, -0.15) is 5.10 Å². The van der Waals surface area contributed by atoms with Gasteiger partial charge in [-0.15, -0.1) is 0 Å². The van der Waals surface area contributed by atoms with Crippen LogP contribution in [0.25, 0.3) is 0 Å². The largest absolute Gasteiger partial charge is 0.323 e. The van der Waals surface area contributed by atoms with E-state index >= 15 is 0 Å². The summed E-state index contributed by atoms with van der Waals surface area (Å²) in [4.78, 5) is 27.0. The van der Waals surface area contributed by atoms with Crippen molar-refractivity contribution in [1.82, 2.24) is 15.2 Å². The molecule has 2 N–H and O–H groups in total. The fourth-order valence-electron chi connectivity index (χ4n) is 3.02. The van der Waals surface area contributed by atoms with Crippen molar-refractivity contribution in [3.05, 3.63) is 29.3 Å². The Labute approximate surface area is 135 Å². The third-order valence-corrected chi connectivity index (χ3v) is 4.10. The minimum absolute atomic E-state index is 0.0504. The van der Waals surface area contributed by atoms with E-state index in [9.17, 15) is 9.59 Å². The van der Waals surface area contributed by atoms with Crippen molar-refractivity contribution in [3.63, 3.8) is 0 Å². The van der Waals surface area contributed by atoms with Crippen LogP contribution in [0.2, 0.25) is 0 Å². The number of nitrogens with zero attached hydrogens (tertiary/aromatic N) is 3. The van der Waals surface area contributed by atoms with Crippen molar-refractivity contribution in [2.24, 2.45) is 11.0 Å². The number of anilines is 1. The number of hydrazone groups is 1. The van der Waals surface area contributed by atoms with Crippen molar-refractivity contribution in [1.29, 1.82) is 0 Å². The Bertz CT molecular complexity index is 683. The molecule has 0 saturated carbocycles. The van der Waals surface area contributed by atoms with Crippen LogP contribution in [-0.2, 0) is 11.3 Å². The Balaban J connectivity index is 1.92. The van der Waals surface area contributed by atoms with E-state index in [2.05, 4.69) is 20.7 Å². The number of amides is 3. The normalized spacial score (nSPS) is 20.8. The van der Waals surface area contributed by atoms with E-state index in [1.807, 2.05) is 32.3 Å². The second-order valence-corrected chi connectivity index (χ2v) is 6.35. The molecule has 7 nitrogen and oxygen atoms in total. The van der Waals surface area contributed by atoms with Crippen LogP contribution in [0.3, 0.4) is 0 Å². The maximum absolute atomic E-state index is 11.7. The second kappa shape index (κ2) is 6.00. The molecule has 3 amide bonds. The highest BCUT2D eigenvalue weighted by atomic mass is 16.2. The third-order valence-electron chi connectivity index (χ3n) is 4.10. The minimum atomic E-state index is -0.0991. The van der Waals surface area contributed by atoms with E-state index in [1.165, 1.54) is 0 Å². The number of urea groups is 1. The van der Waals surface area contributed by atoms with E-state index in [0.29, 0.717) is 13.0 Å². The van der Waals surface area contributed by atoms with Crippen LogP contribution in [0.5, 0.6) is 0 Å². The van der Waals surface area contributed by atoms with Gasteiger partial charge >= 0.3 is 6.03 Å². The molecule has 23 heavy (non-hydrogen) atoms. The van der Waals surface area contributed by atoms with Crippen LogP contribution in [-0.4, -0.2) is 55.1 Å². The molecule has 0 fully saturated rings. The zero-order valence-electron chi connectivity index (χ0n) is 13.6. The van der Waals surface area contributed by atoms with Crippen molar-refractivity contribution >= 4 is 23.3 Å². The highest BCUT2D eigenvalue weighted by Gasteiger charge is 2.27. The summed E-state index contributed by atoms with van der Waals surface area (Å²) in [6, 6.07) is 5.80. The average Bonchev–Trinajstić information content (AvgIpc) is 2.48. The SMILES string of the molecule is CN(C)CC1CC(=O)NN=C1c1ccc2c(c1)CN(C)C(=O)N2. The summed E-state index contributed by atoms with van der Waals surface area (Å²) in [6.45, 7) is 1.33. The van der Waals surface area contributed by atoms with Gasteiger partial charge in [0.2, 0.25) is 5.91 Å². The van der Waals surface area contributed by atoms with Gasteiger partial charge in [0.05, 0.1) is 5.71 Å². The third kappa shape index (κ3) is 3.19. The minimum Gasteiger partial charge on any atom is -0.323 e. The van der Waals surface area contributed by atoms with Crippen LogP contribution < -0.4 is 10.7 Å². The molecule has 0 aromatic heterocycles. The van der Waals surface area contributed by atoms with E-state index in [4.69, 9.17) is 0 Å². The molecule has 2 aliphatic rings. The topological polar surface area (TPSA) is 77.0 Å². The Morgan fingerprint density at radius 1 is 1.35 bits per heavy atom. The summed E-state index contributed by atoms with van der Waals surface area (Å²) in [5, 5.41) is 7.15. The maximum atomic E-state index is 11.7. The number of nitrogens with one attached hydrogen (secondary N) is 2. The first-order valence-electron chi connectivity index (χ1n) is 7.60. The van der Waals surface area contributed by atoms with Gasteiger partial charge in [0.25, 0.3) is 0 Å². The molecule has 0 bridgehead atoms. The fraction of sp³-hybridized carbons (Fsp3) is 0.438. The Morgan fingerprint density at radius 2 is 2.13 bits per heavy atom. The maximum Gasteiger partial charge on any atom is 0.321 e. The fourth-order valence-corrected chi connectivity index (χ4v) is 3.02. The van der Waals surface area contributed by atoms with Crippen molar-refractivity contribution in [3.8, 4) is 0 Å². The predicted molar refractivity (Wildman–Crippen MR) is 88.3 cm³/mol.